The molecule has 0 bridgehead atoms. The SMILES string of the molecule is C=CC(=C)c1cc(C(C)(C)C)ccn1. The quantitative estimate of drug-likeness (QED) is 0.645. The van der Waals surface area contributed by atoms with Gasteiger partial charge in [-0.05, 0) is 28.7 Å². The minimum atomic E-state index is 0.152. The first-order valence-electron chi connectivity index (χ1n) is 4.73. The van der Waals surface area contributed by atoms with Gasteiger partial charge >= 0.3 is 0 Å². The standard InChI is InChI=1S/C13H17N/c1-6-10(2)12-9-11(7-8-14-12)13(3,4)5/h6-9H,1-2H2,3-5H3. The highest BCUT2D eigenvalue weighted by Gasteiger charge is 2.14. The molecule has 0 saturated carbocycles. The molecule has 0 saturated heterocycles. The summed E-state index contributed by atoms with van der Waals surface area (Å²) in [6.07, 6.45) is 3.55. The van der Waals surface area contributed by atoms with Gasteiger partial charge in [-0.3, -0.25) is 4.98 Å². The lowest BCUT2D eigenvalue weighted by atomic mass is 9.87. The average Bonchev–Trinajstić information content (AvgIpc) is 2.15. The summed E-state index contributed by atoms with van der Waals surface area (Å²) in [7, 11) is 0. The molecule has 0 aliphatic heterocycles. The number of nitrogens with zero attached hydrogens (tertiary/aromatic N) is 1. The number of rotatable bonds is 2. The van der Waals surface area contributed by atoms with E-state index in [9.17, 15) is 0 Å². The van der Waals surface area contributed by atoms with Crippen LogP contribution in [0.25, 0.3) is 5.57 Å². The molecule has 1 aromatic heterocycles. The highest BCUT2D eigenvalue weighted by molar-refractivity contribution is 5.69. The topological polar surface area (TPSA) is 12.9 Å². The van der Waals surface area contributed by atoms with Gasteiger partial charge in [0.1, 0.15) is 0 Å². The van der Waals surface area contributed by atoms with Crippen LogP contribution in [-0.2, 0) is 5.41 Å². The van der Waals surface area contributed by atoms with E-state index < -0.39 is 0 Å². The van der Waals surface area contributed by atoms with Gasteiger partial charge in [0, 0.05) is 6.20 Å². The molecule has 1 aromatic rings. The zero-order valence-electron chi connectivity index (χ0n) is 9.17. The zero-order valence-corrected chi connectivity index (χ0v) is 9.17. The van der Waals surface area contributed by atoms with E-state index in [1.54, 1.807) is 6.08 Å². The smallest absolute Gasteiger partial charge is 0.0698 e. The lowest BCUT2D eigenvalue weighted by molar-refractivity contribution is 0.589. The summed E-state index contributed by atoms with van der Waals surface area (Å²) < 4.78 is 0. The van der Waals surface area contributed by atoms with Crippen LogP contribution in [0.4, 0.5) is 0 Å². The molecule has 0 aliphatic rings. The van der Waals surface area contributed by atoms with Gasteiger partial charge in [-0.25, -0.2) is 0 Å². The molecule has 1 nitrogen and oxygen atoms in total. The van der Waals surface area contributed by atoms with E-state index in [0.29, 0.717) is 0 Å². The van der Waals surface area contributed by atoms with E-state index in [-0.39, 0.29) is 5.41 Å². The van der Waals surface area contributed by atoms with Crippen LogP contribution >= 0.6 is 0 Å². The number of hydrogen-bond donors (Lipinski definition) is 0. The third kappa shape index (κ3) is 2.32. The Morgan fingerprint density at radius 3 is 2.57 bits per heavy atom. The molecular formula is C13H17N. The van der Waals surface area contributed by atoms with Crippen LogP contribution < -0.4 is 0 Å². The van der Waals surface area contributed by atoms with E-state index in [0.717, 1.165) is 11.3 Å². The van der Waals surface area contributed by atoms with Crippen LogP contribution in [0.3, 0.4) is 0 Å². The molecule has 0 fully saturated rings. The predicted octanol–water partition coefficient (Wildman–Crippen LogP) is 3.58. The van der Waals surface area contributed by atoms with Crippen molar-refractivity contribution in [1.29, 1.82) is 0 Å². The second-order valence-electron chi connectivity index (χ2n) is 4.41. The van der Waals surface area contributed by atoms with Gasteiger partial charge in [0.2, 0.25) is 0 Å². The summed E-state index contributed by atoms with van der Waals surface area (Å²) in [5, 5.41) is 0. The van der Waals surface area contributed by atoms with E-state index in [1.165, 1.54) is 5.56 Å². The van der Waals surface area contributed by atoms with Crippen LogP contribution in [0.15, 0.2) is 37.6 Å². The van der Waals surface area contributed by atoms with Gasteiger partial charge in [-0.2, -0.15) is 0 Å². The Balaban J connectivity index is 3.14. The molecule has 1 heteroatoms. The Morgan fingerprint density at radius 2 is 2.07 bits per heavy atom. The second kappa shape index (κ2) is 3.79. The van der Waals surface area contributed by atoms with Gasteiger partial charge in [-0.1, -0.05) is 40.0 Å². The van der Waals surface area contributed by atoms with Crippen molar-refractivity contribution in [2.45, 2.75) is 26.2 Å². The fourth-order valence-electron chi connectivity index (χ4n) is 1.18. The van der Waals surface area contributed by atoms with E-state index in [1.807, 2.05) is 12.3 Å². The molecule has 0 N–H and O–H groups in total. The maximum Gasteiger partial charge on any atom is 0.0698 e. The Morgan fingerprint density at radius 1 is 1.43 bits per heavy atom. The maximum absolute atomic E-state index is 4.25. The molecule has 0 atom stereocenters. The largest absolute Gasteiger partial charge is 0.256 e. The molecule has 14 heavy (non-hydrogen) atoms. The third-order valence-electron chi connectivity index (χ3n) is 2.20. The monoisotopic (exact) mass is 187 g/mol. The lowest BCUT2D eigenvalue weighted by Gasteiger charge is -2.19. The van der Waals surface area contributed by atoms with Crippen LogP contribution in [0, 0.1) is 0 Å². The second-order valence-corrected chi connectivity index (χ2v) is 4.41. The van der Waals surface area contributed by atoms with Crippen molar-refractivity contribution in [3.8, 4) is 0 Å². The van der Waals surface area contributed by atoms with Gasteiger partial charge in [-0.15, -0.1) is 0 Å². The molecular weight excluding hydrogens is 170 g/mol. The Hall–Kier alpha value is -1.37. The Bertz CT molecular complexity index is 356. The van der Waals surface area contributed by atoms with Gasteiger partial charge in [0.05, 0.1) is 5.69 Å². The summed E-state index contributed by atoms with van der Waals surface area (Å²) >= 11 is 0. The predicted molar refractivity (Wildman–Crippen MR) is 62.2 cm³/mol. The number of aromatic nitrogens is 1. The minimum absolute atomic E-state index is 0.152. The fraction of sp³-hybridized carbons (Fsp3) is 0.308. The number of pyridine rings is 1. The van der Waals surface area contributed by atoms with Crippen molar-refractivity contribution in [1.82, 2.24) is 4.98 Å². The molecule has 0 spiro atoms. The maximum atomic E-state index is 4.25. The lowest BCUT2D eigenvalue weighted by Crippen LogP contribution is -2.11. The van der Waals surface area contributed by atoms with Crippen molar-refractivity contribution >= 4 is 5.57 Å². The summed E-state index contributed by atoms with van der Waals surface area (Å²) in [6, 6.07) is 4.11. The molecule has 0 aliphatic carbocycles. The molecule has 0 unspecified atom stereocenters. The van der Waals surface area contributed by atoms with E-state index in [4.69, 9.17) is 0 Å². The molecule has 0 radical (unpaired) electrons. The van der Waals surface area contributed by atoms with Crippen molar-refractivity contribution < 1.29 is 0 Å². The first-order chi connectivity index (χ1) is 6.45. The fourth-order valence-corrected chi connectivity index (χ4v) is 1.18. The van der Waals surface area contributed by atoms with Crippen LogP contribution in [0.5, 0.6) is 0 Å². The minimum Gasteiger partial charge on any atom is -0.256 e. The van der Waals surface area contributed by atoms with Crippen LogP contribution in [0.2, 0.25) is 0 Å². The molecule has 1 heterocycles. The van der Waals surface area contributed by atoms with Crippen molar-refractivity contribution in [2.75, 3.05) is 0 Å². The van der Waals surface area contributed by atoms with Crippen molar-refractivity contribution in [3.63, 3.8) is 0 Å². The first-order valence-corrected chi connectivity index (χ1v) is 4.73. The highest BCUT2D eigenvalue weighted by Crippen LogP contribution is 2.23. The summed E-state index contributed by atoms with van der Waals surface area (Å²) in [5.74, 6) is 0. The van der Waals surface area contributed by atoms with Crippen LogP contribution in [0.1, 0.15) is 32.0 Å². The number of hydrogen-bond acceptors (Lipinski definition) is 1. The summed E-state index contributed by atoms with van der Waals surface area (Å²) in [5.41, 5.74) is 3.20. The Kier molecular flexibility index (Phi) is 2.90. The molecule has 0 aromatic carbocycles. The van der Waals surface area contributed by atoms with Crippen molar-refractivity contribution in [3.05, 3.63) is 48.8 Å². The average molecular weight is 187 g/mol. The summed E-state index contributed by atoms with van der Waals surface area (Å²) in [6.45, 7) is 14.1. The van der Waals surface area contributed by atoms with Gasteiger partial charge in [0.15, 0.2) is 0 Å². The van der Waals surface area contributed by atoms with Gasteiger partial charge in [0.25, 0.3) is 0 Å². The van der Waals surface area contributed by atoms with E-state index in [2.05, 4.69) is 45.0 Å². The summed E-state index contributed by atoms with van der Waals surface area (Å²) in [4.78, 5) is 4.25. The molecule has 1 rings (SSSR count). The highest BCUT2D eigenvalue weighted by atomic mass is 14.7. The first kappa shape index (κ1) is 10.7. The number of allylic oxidation sites excluding steroid dienone is 2. The Labute approximate surface area is 86.2 Å². The van der Waals surface area contributed by atoms with Crippen molar-refractivity contribution in [2.24, 2.45) is 0 Å². The zero-order chi connectivity index (χ0) is 10.8. The molecule has 0 amide bonds. The van der Waals surface area contributed by atoms with E-state index >= 15 is 0 Å². The molecule has 74 valence electrons. The normalized spacial score (nSPS) is 11.1. The van der Waals surface area contributed by atoms with Crippen LogP contribution in [-0.4, -0.2) is 4.98 Å². The third-order valence-corrected chi connectivity index (χ3v) is 2.20. The van der Waals surface area contributed by atoms with Gasteiger partial charge < -0.3 is 0 Å².